The molecule has 1 atom stereocenters. The molecule has 0 bridgehead atoms. The number of ether oxygens (including phenoxy) is 2. The molecule has 1 heterocycles. The minimum Gasteiger partial charge on any atom is -0.497 e. The van der Waals surface area contributed by atoms with Crippen molar-refractivity contribution in [3.63, 3.8) is 0 Å². The second kappa shape index (κ2) is 5.97. The molecule has 0 aromatic heterocycles. The number of Topliss-reactive ketones (excluding diaryl/α,β-unsaturated/α-hetero) is 2. The normalized spacial score (nSPS) is 21.6. The van der Waals surface area contributed by atoms with Gasteiger partial charge in [-0.25, -0.2) is 0 Å². The first-order valence-electron chi connectivity index (χ1n) is 8.90. The standard InChI is InChI=1S/C22H22O4/c1-22(2)11-16(23)21(17(24)12-22)20-14-6-4-5-7-18(14)26-19-9-8-13(25-3)10-15(19)20/h4-10,20-21H,11-12H2,1-3H3/t20-/m0/s1. The molecule has 2 aromatic rings. The van der Waals surface area contributed by atoms with Crippen LogP contribution in [0.15, 0.2) is 42.5 Å². The van der Waals surface area contributed by atoms with Crippen LogP contribution in [-0.4, -0.2) is 18.7 Å². The van der Waals surface area contributed by atoms with Gasteiger partial charge in [-0.1, -0.05) is 32.0 Å². The first kappa shape index (κ1) is 16.8. The van der Waals surface area contributed by atoms with Gasteiger partial charge in [0.05, 0.1) is 13.0 Å². The summed E-state index contributed by atoms with van der Waals surface area (Å²) < 4.78 is 11.4. The van der Waals surface area contributed by atoms with Gasteiger partial charge in [0.2, 0.25) is 0 Å². The molecule has 0 saturated heterocycles. The summed E-state index contributed by atoms with van der Waals surface area (Å²) >= 11 is 0. The lowest BCUT2D eigenvalue weighted by Gasteiger charge is -2.38. The Morgan fingerprint density at radius 2 is 1.58 bits per heavy atom. The van der Waals surface area contributed by atoms with Crippen molar-refractivity contribution in [3.05, 3.63) is 53.6 Å². The van der Waals surface area contributed by atoms with Gasteiger partial charge in [-0.15, -0.1) is 0 Å². The summed E-state index contributed by atoms with van der Waals surface area (Å²) in [5.41, 5.74) is 1.46. The molecule has 0 amide bonds. The van der Waals surface area contributed by atoms with Crippen LogP contribution in [-0.2, 0) is 9.59 Å². The molecule has 1 saturated carbocycles. The Morgan fingerprint density at radius 1 is 0.923 bits per heavy atom. The molecular formula is C22H22O4. The Kier molecular flexibility index (Phi) is 3.87. The van der Waals surface area contributed by atoms with Crippen LogP contribution in [0.1, 0.15) is 43.7 Å². The molecule has 2 aliphatic rings. The molecule has 0 spiro atoms. The van der Waals surface area contributed by atoms with Crippen molar-refractivity contribution in [1.29, 1.82) is 0 Å². The minimum atomic E-state index is -0.668. The van der Waals surface area contributed by atoms with Crippen molar-refractivity contribution in [1.82, 2.24) is 0 Å². The lowest BCUT2D eigenvalue weighted by molar-refractivity contribution is -0.140. The van der Waals surface area contributed by atoms with E-state index in [1.165, 1.54) is 0 Å². The summed E-state index contributed by atoms with van der Waals surface area (Å²) in [6.45, 7) is 3.96. The van der Waals surface area contributed by atoms with Crippen molar-refractivity contribution in [2.45, 2.75) is 32.6 Å². The third-order valence-corrected chi connectivity index (χ3v) is 5.36. The molecular weight excluding hydrogens is 328 g/mol. The molecule has 134 valence electrons. The van der Waals surface area contributed by atoms with Gasteiger partial charge in [-0.2, -0.15) is 0 Å². The maximum absolute atomic E-state index is 13.0. The zero-order valence-corrected chi connectivity index (χ0v) is 15.2. The quantitative estimate of drug-likeness (QED) is 0.748. The zero-order valence-electron chi connectivity index (χ0n) is 15.2. The number of ketones is 2. The maximum Gasteiger partial charge on any atom is 0.144 e. The van der Waals surface area contributed by atoms with Gasteiger partial charge in [0.1, 0.15) is 28.8 Å². The number of hydrogen-bond donors (Lipinski definition) is 0. The Labute approximate surface area is 153 Å². The lowest BCUT2D eigenvalue weighted by atomic mass is 9.65. The average Bonchev–Trinajstić information content (AvgIpc) is 2.59. The van der Waals surface area contributed by atoms with Crippen LogP contribution in [0, 0.1) is 11.3 Å². The van der Waals surface area contributed by atoms with Crippen LogP contribution in [0.3, 0.4) is 0 Å². The summed E-state index contributed by atoms with van der Waals surface area (Å²) in [5, 5.41) is 0. The van der Waals surface area contributed by atoms with Gasteiger partial charge in [-0.3, -0.25) is 9.59 Å². The van der Waals surface area contributed by atoms with E-state index in [-0.39, 0.29) is 22.9 Å². The van der Waals surface area contributed by atoms with Crippen molar-refractivity contribution < 1.29 is 19.1 Å². The molecule has 0 N–H and O–H groups in total. The summed E-state index contributed by atoms with van der Waals surface area (Å²) in [6.07, 6.45) is 0.838. The number of carbonyl (C=O) groups is 2. The highest BCUT2D eigenvalue weighted by Gasteiger charge is 2.46. The summed E-state index contributed by atoms with van der Waals surface area (Å²) in [5.74, 6) is 1.11. The van der Waals surface area contributed by atoms with E-state index < -0.39 is 5.92 Å². The number of fused-ring (bicyclic) bond motifs is 2. The number of para-hydroxylation sites is 1. The van der Waals surface area contributed by atoms with Crippen LogP contribution in [0.5, 0.6) is 17.2 Å². The Balaban J connectivity index is 1.88. The lowest BCUT2D eigenvalue weighted by Crippen LogP contribution is -2.41. The molecule has 4 rings (SSSR count). The Hall–Kier alpha value is -2.62. The van der Waals surface area contributed by atoms with E-state index in [4.69, 9.17) is 9.47 Å². The van der Waals surface area contributed by atoms with Gasteiger partial charge in [0.25, 0.3) is 0 Å². The second-order valence-corrected chi connectivity index (χ2v) is 7.95. The predicted octanol–water partition coefficient (Wildman–Crippen LogP) is 4.51. The molecule has 4 nitrogen and oxygen atoms in total. The van der Waals surface area contributed by atoms with E-state index in [0.29, 0.717) is 30.1 Å². The Bertz CT molecular complexity index is 877. The summed E-state index contributed by atoms with van der Waals surface area (Å²) in [4.78, 5) is 26.0. The van der Waals surface area contributed by atoms with E-state index in [9.17, 15) is 9.59 Å². The van der Waals surface area contributed by atoms with Crippen molar-refractivity contribution in [2.75, 3.05) is 7.11 Å². The smallest absolute Gasteiger partial charge is 0.144 e. The van der Waals surface area contributed by atoms with Crippen LogP contribution in [0.25, 0.3) is 0 Å². The molecule has 0 unspecified atom stereocenters. The fourth-order valence-corrected chi connectivity index (χ4v) is 4.24. The van der Waals surface area contributed by atoms with E-state index >= 15 is 0 Å². The summed E-state index contributed by atoms with van der Waals surface area (Å²) in [7, 11) is 1.60. The predicted molar refractivity (Wildman–Crippen MR) is 97.9 cm³/mol. The number of methoxy groups -OCH3 is 1. The van der Waals surface area contributed by atoms with Gasteiger partial charge in [0.15, 0.2) is 0 Å². The maximum atomic E-state index is 13.0. The third kappa shape index (κ3) is 2.70. The van der Waals surface area contributed by atoms with Crippen molar-refractivity contribution in [3.8, 4) is 17.2 Å². The van der Waals surface area contributed by atoms with E-state index in [1.54, 1.807) is 7.11 Å². The molecule has 1 aliphatic carbocycles. The van der Waals surface area contributed by atoms with Gasteiger partial charge in [0, 0.05) is 29.9 Å². The van der Waals surface area contributed by atoms with Crippen molar-refractivity contribution >= 4 is 11.6 Å². The molecule has 2 aromatic carbocycles. The Morgan fingerprint density at radius 3 is 2.27 bits per heavy atom. The number of rotatable bonds is 2. The van der Waals surface area contributed by atoms with Gasteiger partial charge >= 0.3 is 0 Å². The van der Waals surface area contributed by atoms with Gasteiger partial charge < -0.3 is 9.47 Å². The van der Waals surface area contributed by atoms with E-state index in [0.717, 1.165) is 11.1 Å². The van der Waals surface area contributed by atoms with Crippen LogP contribution >= 0.6 is 0 Å². The van der Waals surface area contributed by atoms with Crippen molar-refractivity contribution in [2.24, 2.45) is 11.3 Å². The number of hydrogen-bond acceptors (Lipinski definition) is 4. The first-order chi connectivity index (χ1) is 12.4. The highest BCUT2D eigenvalue weighted by Crippen LogP contribution is 2.51. The van der Waals surface area contributed by atoms with Crippen LogP contribution in [0.2, 0.25) is 0 Å². The molecule has 26 heavy (non-hydrogen) atoms. The largest absolute Gasteiger partial charge is 0.497 e. The van der Waals surface area contributed by atoms with Crippen LogP contribution in [0.4, 0.5) is 0 Å². The fraction of sp³-hybridized carbons (Fsp3) is 0.364. The fourth-order valence-electron chi connectivity index (χ4n) is 4.24. The topological polar surface area (TPSA) is 52.6 Å². The summed E-state index contributed by atoms with van der Waals surface area (Å²) in [6, 6.07) is 13.2. The van der Waals surface area contributed by atoms with E-state index in [1.807, 2.05) is 56.3 Å². The highest BCUT2D eigenvalue weighted by molar-refractivity contribution is 6.06. The highest BCUT2D eigenvalue weighted by atomic mass is 16.5. The molecule has 0 radical (unpaired) electrons. The SMILES string of the molecule is COc1ccc2c(c1)[C@@H](C1C(=O)CC(C)(C)CC1=O)c1ccccc1O2. The van der Waals surface area contributed by atoms with Crippen LogP contribution < -0.4 is 9.47 Å². The van der Waals surface area contributed by atoms with E-state index in [2.05, 4.69) is 0 Å². The first-order valence-corrected chi connectivity index (χ1v) is 8.90. The minimum absolute atomic E-state index is 0.0155. The van der Waals surface area contributed by atoms with Gasteiger partial charge in [-0.05, 0) is 29.7 Å². The monoisotopic (exact) mass is 350 g/mol. The third-order valence-electron chi connectivity index (χ3n) is 5.36. The zero-order chi connectivity index (χ0) is 18.5. The molecule has 1 fully saturated rings. The second-order valence-electron chi connectivity index (χ2n) is 7.95. The molecule has 4 heteroatoms. The molecule has 1 aliphatic heterocycles. The number of carbonyl (C=O) groups excluding carboxylic acids is 2. The number of benzene rings is 2. The average molecular weight is 350 g/mol.